The number of hydrogen-bond acceptors (Lipinski definition) is 4. The van der Waals surface area contributed by atoms with Gasteiger partial charge < -0.3 is 10.1 Å². The summed E-state index contributed by atoms with van der Waals surface area (Å²) in [6.45, 7) is 3.67. The van der Waals surface area contributed by atoms with Gasteiger partial charge in [0.25, 0.3) is 5.91 Å². The largest absolute Gasteiger partial charge is 0.494 e. The van der Waals surface area contributed by atoms with E-state index in [0.29, 0.717) is 28.5 Å². The molecule has 0 saturated carbocycles. The first-order valence-electron chi connectivity index (χ1n) is 8.51. The fourth-order valence-corrected chi connectivity index (χ4v) is 3.08. The lowest BCUT2D eigenvalue weighted by Gasteiger charge is -2.22. The number of carbonyl (C=O) groups excluding carboxylic acids is 3. The maximum Gasteiger partial charge on any atom is 0.325 e. The summed E-state index contributed by atoms with van der Waals surface area (Å²) < 4.78 is 5.34. The summed E-state index contributed by atoms with van der Waals surface area (Å²) >= 11 is 5.89. The molecule has 1 heterocycles. The standard InChI is InChI=1S/C20H19ClN2O4/c1-3-27-16-10-4-13(5-11-16)17(24)12-23-18(25)20(2,22-19(23)26)14-6-8-15(21)9-7-14/h4-11H,3,12H2,1-2H3,(H,22,26). The molecule has 0 aromatic heterocycles. The minimum atomic E-state index is -1.24. The number of nitrogens with zero attached hydrogens (tertiary/aromatic N) is 1. The van der Waals surface area contributed by atoms with Crippen molar-refractivity contribution in [3.05, 3.63) is 64.7 Å². The van der Waals surface area contributed by atoms with Gasteiger partial charge in [0.15, 0.2) is 5.78 Å². The molecule has 2 aromatic carbocycles. The topological polar surface area (TPSA) is 75.7 Å². The molecule has 0 spiro atoms. The molecule has 7 heteroatoms. The van der Waals surface area contributed by atoms with Crippen LogP contribution in [0.1, 0.15) is 29.8 Å². The number of nitrogens with one attached hydrogen (secondary N) is 1. The Hall–Kier alpha value is -2.86. The molecule has 1 atom stereocenters. The second-order valence-electron chi connectivity index (χ2n) is 6.33. The fraction of sp³-hybridized carbons (Fsp3) is 0.250. The summed E-state index contributed by atoms with van der Waals surface area (Å²) in [4.78, 5) is 38.7. The van der Waals surface area contributed by atoms with Crippen LogP contribution in [0.15, 0.2) is 48.5 Å². The lowest BCUT2D eigenvalue weighted by molar-refractivity contribution is -0.130. The number of carbonyl (C=O) groups is 3. The Morgan fingerprint density at radius 2 is 1.74 bits per heavy atom. The van der Waals surface area contributed by atoms with Crippen LogP contribution in [0.2, 0.25) is 5.02 Å². The van der Waals surface area contributed by atoms with E-state index >= 15 is 0 Å². The van der Waals surface area contributed by atoms with Crippen molar-refractivity contribution in [2.24, 2.45) is 0 Å². The second kappa shape index (κ2) is 7.40. The summed E-state index contributed by atoms with van der Waals surface area (Å²) in [5.41, 5.74) is -0.235. The van der Waals surface area contributed by atoms with E-state index in [-0.39, 0.29) is 12.3 Å². The molecule has 1 saturated heterocycles. The molecular formula is C20H19ClN2O4. The van der Waals surface area contributed by atoms with Crippen LogP contribution in [0.25, 0.3) is 0 Å². The van der Waals surface area contributed by atoms with E-state index in [0.717, 1.165) is 4.90 Å². The highest BCUT2D eigenvalue weighted by Crippen LogP contribution is 2.29. The molecule has 0 aliphatic carbocycles. The average Bonchev–Trinajstić information content (AvgIpc) is 2.87. The summed E-state index contributed by atoms with van der Waals surface area (Å²) in [5.74, 6) is -0.157. The molecule has 1 aliphatic heterocycles. The summed E-state index contributed by atoms with van der Waals surface area (Å²) in [6, 6.07) is 12.6. The van der Waals surface area contributed by atoms with E-state index in [1.165, 1.54) is 0 Å². The number of ether oxygens (including phenoxy) is 1. The van der Waals surface area contributed by atoms with Crippen LogP contribution in [0.4, 0.5) is 4.79 Å². The Morgan fingerprint density at radius 1 is 1.11 bits per heavy atom. The van der Waals surface area contributed by atoms with Gasteiger partial charge in [-0.3, -0.25) is 14.5 Å². The summed E-state index contributed by atoms with van der Waals surface area (Å²) in [5, 5.41) is 3.20. The summed E-state index contributed by atoms with van der Waals surface area (Å²) in [7, 11) is 0. The molecule has 1 unspecified atom stereocenters. The van der Waals surface area contributed by atoms with Crippen molar-refractivity contribution in [3.63, 3.8) is 0 Å². The van der Waals surface area contributed by atoms with Crippen molar-refractivity contribution >= 4 is 29.3 Å². The van der Waals surface area contributed by atoms with Gasteiger partial charge in [-0.15, -0.1) is 0 Å². The Kier molecular flexibility index (Phi) is 5.19. The minimum absolute atomic E-state index is 0.332. The van der Waals surface area contributed by atoms with Gasteiger partial charge >= 0.3 is 6.03 Å². The maximum absolute atomic E-state index is 12.9. The van der Waals surface area contributed by atoms with Crippen LogP contribution >= 0.6 is 11.6 Å². The van der Waals surface area contributed by atoms with E-state index in [4.69, 9.17) is 16.3 Å². The van der Waals surface area contributed by atoms with Crippen molar-refractivity contribution in [1.29, 1.82) is 0 Å². The quantitative estimate of drug-likeness (QED) is 0.610. The SMILES string of the molecule is CCOc1ccc(C(=O)CN2C(=O)NC(C)(c3ccc(Cl)cc3)C2=O)cc1. The predicted molar refractivity (Wildman–Crippen MR) is 101 cm³/mol. The van der Waals surface area contributed by atoms with E-state index in [2.05, 4.69) is 5.32 Å². The molecule has 140 valence electrons. The number of benzene rings is 2. The zero-order valence-corrected chi connectivity index (χ0v) is 15.7. The van der Waals surface area contributed by atoms with Crippen molar-refractivity contribution < 1.29 is 19.1 Å². The molecule has 6 nitrogen and oxygen atoms in total. The molecule has 0 radical (unpaired) electrons. The molecule has 2 aromatic rings. The molecule has 3 rings (SSSR count). The van der Waals surface area contributed by atoms with Gasteiger partial charge in [-0.2, -0.15) is 0 Å². The maximum atomic E-state index is 12.9. The second-order valence-corrected chi connectivity index (χ2v) is 6.77. The number of amides is 3. The zero-order valence-electron chi connectivity index (χ0n) is 15.0. The van der Waals surface area contributed by atoms with Crippen LogP contribution < -0.4 is 10.1 Å². The Bertz CT molecular complexity index is 880. The molecule has 27 heavy (non-hydrogen) atoms. The van der Waals surface area contributed by atoms with E-state index in [1.54, 1.807) is 55.5 Å². The van der Waals surface area contributed by atoms with Crippen LogP contribution in [0.3, 0.4) is 0 Å². The Balaban J connectivity index is 1.77. The first kappa shape index (κ1) is 18.9. The monoisotopic (exact) mass is 386 g/mol. The normalized spacial score (nSPS) is 19.1. The number of rotatable bonds is 6. The highest BCUT2D eigenvalue weighted by Gasteiger charge is 2.49. The Morgan fingerprint density at radius 3 is 2.33 bits per heavy atom. The van der Waals surface area contributed by atoms with Gasteiger partial charge in [-0.1, -0.05) is 23.7 Å². The van der Waals surface area contributed by atoms with Gasteiger partial charge in [0.1, 0.15) is 11.3 Å². The van der Waals surface area contributed by atoms with E-state index in [9.17, 15) is 14.4 Å². The number of urea groups is 1. The third-order valence-electron chi connectivity index (χ3n) is 4.49. The number of Topliss-reactive ketones (excluding diaryl/α,β-unsaturated/α-hetero) is 1. The molecule has 1 fully saturated rings. The van der Waals surface area contributed by atoms with Gasteiger partial charge in [0.05, 0.1) is 13.2 Å². The number of halogens is 1. The highest BCUT2D eigenvalue weighted by molar-refractivity contribution is 6.30. The molecular weight excluding hydrogens is 368 g/mol. The van der Waals surface area contributed by atoms with E-state index in [1.807, 2.05) is 6.92 Å². The van der Waals surface area contributed by atoms with Crippen molar-refractivity contribution in [1.82, 2.24) is 10.2 Å². The summed E-state index contributed by atoms with van der Waals surface area (Å²) in [6.07, 6.45) is 0. The molecule has 0 bridgehead atoms. The van der Waals surface area contributed by atoms with Gasteiger partial charge in [-0.05, 0) is 55.8 Å². The first-order valence-corrected chi connectivity index (χ1v) is 8.89. The first-order chi connectivity index (χ1) is 12.8. The third kappa shape index (κ3) is 3.66. The Labute approximate surface area is 162 Å². The highest BCUT2D eigenvalue weighted by atomic mass is 35.5. The minimum Gasteiger partial charge on any atom is -0.494 e. The lowest BCUT2D eigenvalue weighted by Crippen LogP contribution is -2.41. The van der Waals surface area contributed by atoms with Gasteiger partial charge in [-0.25, -0.2) is 4.79 Å². The third-order valence-corrected chi connectivity index (χ3v) is 4.74. The van der Waals surface area contributed by atoms with Crippen LogP contribution in [-0.4, -0.2) is 35.8 Å². The lowest BCUT2D eigenvalue weighted by atomic mass is 9.92. The smallest absolute Gasteiger partial charge is 0.325 e. The van der Waals surface area contributed by atoms with Crippen molar-refractivity contribution in [3.8, 4) is 5.75 Å². The van der Waals surface area contributed by atoms with Crippen LogP contribution in [0.5, 0.6) is 5.75 Å². The molecule has 3 amide bonds. The fourth-order valence-electron chi connectivity index (χ4n) is 2.96. The molecule has 1 aliphatic rings. The van der Waals surface area contributed by atoms with Crippen molar-refractivity contribution in [2.45, 2.75) is 19.4 Å². The van der Waals surface area contributed by atoms with Gasteiger partial charge in [0, 0.05) is 10.6 Å². The number of ketones is 1. The molecule has 1 N–H and O–H groups in total. The predicted octanol–water partition coefficient (Wildman–Crippen LogP) is 3.39. The van der Waals surface area contributed by atoms with Crippen molar-refractivity contribution in [2.75, 3.05) is 13.2 Å². The van der Waals surface area contributed by atoms with Crippen LogP contribution in [-0.2, 0) is 10.3 Å². The average molecular weight is 387 g/mol. The van der Waals surface area contributed by atoms with Gasteiger partial charge in [0.2, 0.25) is 0 Å². The number of imide groups is 1. The zero-order chi connectivity index (χ0) is 19.6. The van der Waals surface area contributed by atoms with Crippen LogP contribution in [0, 0.1) is 0 Å². The number of hydrogen-bond donors (Lipinski definition) is 1. The van der Waals surface area contributed by atoms with E-state index < -0.39 is 17.5 Å².